The van der Waals surface area contributed by atoms with Crippen molar-refractivity contribution in [2.45, 2.75) is 40.0 Å². The zero-order valence-corrected chi connectivity index (χ0v) is 19.8. The van der Waals surface area contributed by atoms with Crippen molar-refractivity contribution in [3.8, 4) is 17.1 Å². The number of nitrogens with zero attached hydrogens (tertiary/aromatic N) is 3. The fourth-order valence-corrected chi connectivity index (χ4v) is 5.33. The molecule has 5 rings (SSSR count). The molecule has 5 aromatic rings. The minimum Gasteiger partial charge on any atom is -0.241 e. The highest BCUT2D eigenvalue weighted by Crippen LogP contribution is 2.34. The van der Waals surface area contributed by atoms with Crippen molar-refractivity contribution in [3.63, 3.8) is 0 Å². The molecule has 4 heteroatoms. The summed E-state index contributed by atoms with van der Waals surface area (Å²) in [5.41, 5.74) is 8.63. The summed E-state index contributed by atoms with van der Waals surface area (Å²) in [4.78, 5) is 4.77. The molecule has 0 N–H and O–H groups in total. The van der Waals surface area contributed by atoms with E-state index in [2.05, 4.69) is 111 Å². The van der Waals surface area contributed by atoms with Gasteiger partial charge in [0.25, 0.3) is 5.82 Å². The second-order valence-electron chi connectivity index (χ2n) is 9.37. The Bertz CT molecular complexity index is 1430. The summed E-state index contributed by atoms with van der Waals surface area (Å²) in [7, 11) is 2.16. The van der Waals surface area contributed by atoms with Crippen LogP contribution in [-0.4, -0.2) is 9.55 Å². The lowest BCUT2D eigenvalue weighted by Crippen LogP contribution is -2.30. The third-order valence-electron chi connectivity index (χ3n) is 6.09. The first-order chi connectivity index (χ1) is 14.7. The summed E-state index contributed by atoms with van der Waals surface area (Å²) >= 11 is 1.76. The van der Waals surface area contributed by atoms with Crippen molar-refractivity contribution in [1.82, 2.24) is 9.55 Å². The molecule has 0 radical (unpaired) electrons. The maximum absolute atomic E-state index is 4.77. The van der Waals surface area contributed by atoms with Crippen molar-refractivity contribution in [2.24, 2.45) is 7.05 Å². The number of aryl methyl sites for hydroxylation is 3. The Morgan fingerprint density at radius 3 is 2.35 bits per heavy atom. The van der Waals surface area contributed by atoms with E-state index >= 15 is 0 Å². The van der Waals surface area contributed by atoms with E-state index in [1.165, 1.54) is 43.9 Å². The number of para-hydroxylation sites is 2. The van der Waals surface area contributed by atoms with Gasteiger partial charge in [0.05, 0.1) is 27.8 Å². The number of rotatable bonds is 2. The second-order valence-corrected chi connectivity index (χ2v) is 10.6. The lowest BCUT2D eigenvalue weighted by Gasteiger charge is -2.18. The zero-order valence-electron chi connectivity index (χ0n) is 19.0. The minimum atomic E-state index is 0.134. The van der Waals surface area contributed by atoms with Gasteiger partial charge in [-0.25, -0.2) is 9.55 Å². The molecule has 0 atom stereocenters. The van der Waals surface area contributed by atoms with E-state index in [0.29, 0.717) is 0 Å². The van der Waals surface area contributed by atoms with Gasteiger partial charge in [-0.05, 0) is 66.8 Å². The van der Waals surface area contributed by atoms with Crippen LogP contribution in [0.1, 0.15) is 36.9 Å². The highest BCUT2D eigenvalue weighted by atomic mass is 32.1. The van der Waals surface area contributed by atoms with Crippen LogP contribution in [0.5, 0.6) is 0 Å². The van der Waals surface area contributed by atoms with E-state index in [1.54, 1.807) is 11.3 Å². The summed E-state index contributed by atoms with van der Waals surface area (Å²) in [5, 5.41) is 1.11. The van der Waals surface area contributed by atoms with Gasteiger partial charge in [0.15, 0.2) is 11.0 Å². The maximum atomic E-state index is 4.77. The lowest BCUT2D eigenvalue weighted by molar-refractivity contribution is -0.633. The lowest BCUT2D eigenvalue weighted by atomic mass is 9.87. The Labute approximate surface area is 187 Å². The molecule has 0 unspecified atom stereocenters. The molecular weight excluding hydrogens is 398 g/mol. The quantitative estimate of drug-likeness (QED) is 0.290. The fourth-order valence-electron chi connectivity index (χ4n) is 4.42. The number of imidazole rings is 1. The van der Waals surface area contributed by atoms with Crippen LogP contribution in [0.2, 0.25) is 0 Å². The van der Waals surface area contributed by atoms with Crippen LogP contribution in [0.15, 0.2) is 60.7 Å². The van der Waals surface area contributed by atoms with Crippen molar-refractivity contribution in [3.05, 3.63) is 76.8 Å². The topological polar surface area (TPSA) is 21.7 Å². The molecule has 0 fully saturated rings. The molecular formula is C27H28N3S+. The Kier molecular flexibility index (Phi) is 4.52. The standard InChI is InChI=1S/C27H28N3S/c1-17-15-25-22(28-18(2)31-25)16-21(17)26-29(6)23-9-7-8-10-24(23)30(26)20-13-11-19(12-14-20)27(3,4)5/h7-16H,1-6H3/q+1. The average molecular weight is 427 g/mol. The number of benzene rings is 3. The van der Waals surface area contributed by atoms with E-state index in [0.717, 1.165) is 10.5 Å². The molecule has 0 bridgehead atoms. The van der Waals surface area contributed by atoms with Gasteiger partial charge in [-0.3, -0.25) is 0 Å². The first kappa shape index (κ1) is 20.0. The van der Waals surface area contributed by atoms with Gasteiger partial charge in [0.1, 0.15) is 5.69 Å². The average Bonchev–Trinajstić information content (AvgIpc) is 3.23. The van der Waals surface area contributed by atoms with Gasteiger partial charge < -0.3 is 0 Å². The van der Waals surface area contributed by atoms with Gasteiger partial charge in [-0.2, -0.15) is 4.57 Å². The van der Waals surface area contributed by atoms with Crippen molar-refractivity contribution in [1.29, 1.82) is 0 Å². The number of aromatic nitrogens is 3. The van der Waals surface area contributed by atoms with E-state index in [-0.39, 0.29) is 5.41 Å². The van der Waals surface area contributed by atoms with E-state index in [9.17, 15) is 0 Å². The van der Waals surface area contributed by atoms with Crippen molar-refractivity contribution < 1.29 is 4.57 Å². The minimum absolute atomic E-state index is 0.134. The molecule has 0 saturated heterocycles. The van der Waals surface area contributed by atoms with Crippen LogP contribution >= 0.6 is 11.3 Å². The molecule has 2 aromatic heterocycles. The van der Waals surface area contributed by atoms with E-state index in [4.69, 9.17) is 4.98 Å². The Balaban J connectivity index is 1.82. The number of hydrogen-bond acceptors (Lipinski definition) is 2. The number of hydrogen-bond donors (Lipinski definition) is 0. The zero-order chi connectivity index (χ0) is 21.9. The van der Waals surface area contributed by atoms with Crippen LogP contribution in [0.25, 0.3) is 38.3 Å². The molecule has 31 heavy (non-hydrogen) atoms. The predicted octanol–water partition coefficient (Wildman–Crippen LogP) is 6.65. The Morgan fingerprint density at radius 2 is 1.65 bits per heavy atom. The van der Waals surface area contributed by atoms with Gasteiger partial charge >= 0.3 is 0 Å². The summed E-state index contributed by atoms with van der Waals surface area (Å²) in [6, 6.07) is 22.2. The normalized spacial score (nSPS) is 12.2. The molecule has 0 aliphatic carbocycles. The Hall–Kier alpha value is -2.98. The fraction of sp³-hybridized carbons (Fsp3) is 0.259. The molecule has 0 amide bonds. The molecule has 2 heterocycles. The summed E-state index contributed by atoms with van der Waals surface area (Å²) in [5.74, 6) is 1.18. The number of fused-ring (bicyclic) bond motifs is 2. The predicted molar refractivity (Wildman–Crippen MR) is 131 cm³/mol. The van der Waals surface area contributed by atoms with Crippen molar-refractivity contribution in [2.75, 3.05) is 0 Å². The van der Waals surface area contributed by atoms with Crippen LogP contribution < -0.4 is 4.57 Å². The van der Waals surface area contributed by atoms with E-state index in [1.807, 2.05) is 0 Å². The highest BCUT2D eigenvalue weighted by Gasteiger charge is 2.27. The van der Waals surface area contributed by atoms with Gasteiger partial charge in [0, 0.05) is 0 Å². The van der Waals surface area contributed by atoms with Gasteiger partial charge in [-0.1, -0.05) is 45.0 Å². The molecule has 156 valence electrons. The summed E-state index contributed by atoms with van der Waals surface area (Å²) in [6.07, 6.45) is 0. The van der Waals surface area contributed by atoms with Crippen LogP contribution in [0.3, 0.4) is 0 Å². The largest absolute Gasteiger partial charge is 0.295 e. The second kappa shape index (κ2) is 7.03. The van der Waals surface area contributed by atoms with Crippen LogP contribution in [0.4, 0.5) is 0 Å². The SMILES string of the molecule is Cc1nc2cc(-c3n(-c4ccc(C(C)(C)C)cc4)c4ccccc4[n+]3C)c(C)cc2s1. The maximum Gasteiger partial charge on any atom is 0.295 e. The first-order valence-corrected chi connectivity index (χ1v) is 11.5. The smallest absolute Gasteiger partial charge is 0.241 e. The molecule has 3 aromatic carbocycles. The molecule has 0 spiro atoms. The highest BCUT2D eigenvalue weighted by molar-refractivity contribution is 7.18. The van der Waals surface area contributed by atoms with Crippen LogP contribution in [0, 0.1) is 13.8 Å². The van der Waals surface area contributed by atoms with Crippen molar-refractivity contribution >= 4 is 32.6 Å². The Morgan fingerprint density at radius 1 is 0.935 bits per heavy atom. The summed E-state index contributed by atoms with van der Waals surface area (Å²) < 4.78 is 5.94. The third kappa shape index (κ3) is 3.26. The molecule has 3 nitrogen and oxygen atoms in total. The molecule has 0 aliphatic heterocycles. The monoisotopic (exact) mass is 426 g/mol. The summed E-state index contributed by atoms with van der Waals surface area (Å²) in [6.45, 7) is 11.1. The third-order valence-corrected chi connectivity index (χ3v) is 7.02. The molecule has 0 aliphatic rings. The van der Waals surface area contributed by atoms with E-state index < -0.39 is 0 Å². The number of thiazole rings is 1. The van der Waals surface area contributed by atoms with Crippen LogP contribution in [-0.2, 0) is 12.5 Å². The van der Waals surface area contributed by atoms with Gasteiger partial charge in [0.2, 0.25) is 0 Å². The van der Waals surface area contributed by atoms with Gasteiger partial charge in [-0.15, -0.1) is 11.3 Å². The molecule has 0 saturated carbocycles. The first-order valence-electron chi connectivity index (χ1n) is 10.7.